The van der Waals surface area contributed by atoms with Gasteiger partial charge in [0.15, 0.2) is 5.96 Å². The highest BCUT2D eigenvalue weighted by atomic mass is 32.2. The molecule has 9 nitrogen and oxygen atoms in total. The van der Waals surface area contributed by atoms with Crippen molar-refractivity contribution in [1.82, 2.24) is 10.2 Å². The van der Waals surface area contributed by atoms with Crippen LogP contribution in [0.3, 0.4) is 0 Å². The fourth-order valence-electron chi connectivity index (χ4n) is 5.43. The third-order valence-corrected chi connectivity index (χ3v) is 8.44. The number of nitrogens with zero attached hydrogens (tertiary/aromatic N) is 2. The number of guanidine groups is 1. The van der Waals surface area contributed by atoms with E-state index in [1.54, 1.807) is 18.7 Å². The van der Waals surface area contributed by atoms with Crippen molar-refractivity contribution in [2.24, 2.45) is 28.3 Å². The highest BCUT2D eigenvalue weighted by Gasteiger charge is 2.60. The van der Waals surface area contributed by atoms with E-state index in [1.807, 2.05) is 6.92 Å². The molecule has 2 saturated carbocycles. The van der Waals surface area contributed by atoms with Crippen molar-refractivity contribution in [3.8, 4) is 0 Å². The van der Waals surface area contributed by atoms with Crippen LogP contribution < -0.4 is 16.8 Å². The summed E-state index contributed by atoms with van der Waals surface area (Å²) in [5, 5.41) is 23.7. The number of aliphatic carboxylic acids is 1. The molecule has 1 amide bonds. The fraction of sp³-hybridized carbons (Fsp3) is 0.750. The predicted molar refractivity (Wildman–Crippen MR) is 114 cm³/mol. The van der Waals surface area contributed by atoms with Gasteiger partial charge in [-0.15, -0.1) is 11.8 Å². The van der Waals surface area contributed by atoms with Crippen LogP contribution in [0.5, 0.6) is 0 Å². The molecule has 166 valence electrons. The van der Waals surface area contributed by atoms with Gasteiger partial charge in [-0.05, 0) is 39.0 Å². The number of carbonyl (C=O) groups is 2. The molecule has 10 heteroatoms. The van der Waals surface area contributed by atoms with Crippen LogP contribution in [0, 0.1) is 11.8 Å². The van der Waals surface area contributed by atoms with E-state index in [4.69, 9.17) is 11.5 Å². The Bertz CT molecular complexity index is 790. The average molecular weight is 438 g/mol. The van der Waals surface area contributed by atoms with Gasteiger partial charge in [0.2, 0.25) is 5.91 Å². The molecule has 7 N–H and O–H groups in total. The first-order valence-corrected chi connectivity index (χ1v) is 11.5. The van der Waals surface area contributed by atoms with Gasteiger partial charge in [0.1, 0.15) is 5.70 Å². The van der Waals surface area contributed by atoms with E-state index in [2.05, 4.69) is 10.3 Å². The van der Waals surface area contributed by atoms with Crippen LogP contribution in [0.15, 0.2) is 15.6 Å². The Hall–Kier alpha value is -1.78. The molecule has 0 bridgehead atoms. The Labute approximate surface area is 180 Å². The van der Waals surface area contributed by atoms with Crippen LogP contribution in [0.2, 0.25) is 0 Å². The maximum absolute atomic E-state index is 12.4. The van der Waals surface area contributed by atoms with Crippen LogP contribution in [-0.2, 0) is 9.59 Å². The SMILES string of the molecule is C[C@@H](O)[C@H]1C(=O)N2C(C(=O)O)=C(SC3CC(N[C@H]4CC[C@H](N=C(N)N)C4)C3)[C@H](C)[C@H]12. The van der Waals surface area contributed by atoms with Crippen LogP contribution in [0.4, 0.5) is 0 Å². The molecule has 1 saturated heterocycles. The van der Waals surface area contributed by atoms with Gasteiger partial charge < -0.3 is 31.9 Å². The Morgan fingerprint density at radius 3 is 2.57 bits per heavy atom. The summed E-state index contributed by atoms with van der Waals surface area (Å²) < 4.78 is 0. The lowest BCUT2D eigenvalue weighted by molar-refractivity contribution is -0.163. The van der Waals surface area contributed by atoms with Crippen LogP contribution in [0.1, 0.15) is 46.0 Å². The number of aliphatic hydroxyl groups excluding tert-OH is 1. The number of fused-ring (bicyclic) bond motifs is 1. The molecule has 0 aromatic heterocycles. The quantitative estimate of drug-likeness (QED) is 0.215. The average Bonchev–Trinajstić information content (AvgIpc) is 3.13. The van der Waals surface area contributed by atoms with Gasteiger partial charge in [-0.1, -0.05) is 6.92 Å². The molecule has 6 atom stereocenters. The number of amides is 1. The number of aliphatic hydroxyl groups is 1. The lowest BCUT2D eigenvalue weighted by Crippen LogP contribution is -2.63. The van der Waals surface area contributed by atoms with Crippen molar-refractivity contribution >= 4 is 29.6 Å². The highest BCUT2D eigenvalue weighted by Crippen LogP contribution is 2.53. The number of β-lactam (4-membered cyclic amide) rings is 1. The van der Waals surface area contributed by atoms with Crippen LogP contribution in [0.25, 0.3) is 0 Å². The number of hydrogen-bond donors (Lipinski definition) is 5. The van der Waals surface area contributed by atoms with E-state index in [9.17, 15) is 19.8 Å². The van der Waals surface area contributed by atoms with Gasteiger partial charge in [0.05, 0.1) is 24.1 Å². The maximum Gasteiger partial charge on any atom is 0.353 e. The normalized spacial score (nSPS) is 38.7. The Balaban J connectivity index is 1.33. The lowest BCUT2D eigenvalue weighted by atomic mass is 9.79. The van der Waals surface area contributed by atoms with Crippen molar-refractivity contribution in [2.45, 2.75) is 81.5 Å². The van der Waals surface area contributed by atoms with Gasteiger partial charge in [0, 0.05) is 28.2 Å². The summed E-state index contributed by atoms with van der Waals surface area (Å²) in [5.41, 5.74) is 11.1. The first-order chi connectivity index (χ1) is 14.2. The summed E-state index contributed by atoms with van der Waals surface area (Å²) in [4.78, 5) is 30.7. The Kier molecular flexibility index (Phi) is 5.75. The molecular formula is C20H31N5O4S. The minimum absolute atomic E-state index is 0.0689. The number of carboxylic acid groups (broad SMARTS) is 1. The second kappa shape index (κ2) is 8.05. The van der Waals surface area contributed by atoms with E-state index in [-0.39, 0.29) is 35.6 Å². The number of carboxylic acids is 1. The minimum Gasteiger partial charge on any atom is -0.477 e. The first-order valence-electron chi connectivity index (χ1n) is 10.7. The monoisotopic (exact) mass is 437 g/mol. The summed E-state index contributed by atoms with van der Waals surface area (Å²) in [7, 11) is 0. The molecule has 0 unspecified atom stereocenters. The molecule has 0 aromatic carbocycles. The fourth-order valence-corrected chi connectivity index (χ4v) is 7.09. The number of nitrogens with one attached hydrogen (secondary N) is 1. The number of carbonyl (C=O) groups excluding carboxylic acids is 1. The summed E-state index contributed by atoms with van der Waals surface area (Å²) in [6.45, 7) is 3.57. The first kappa shape index (κ1) is 21.5. The van der Waals surface area contributed by atoms with E-state index in [0.717, 1.165) is 37.0 Å². The molecule has 2 aliphatic carbocycles. The predicted octanol–water partition coefficient (Wildman–Crippen LogP) is 0.188. The number of aliphatic imine (C=N–C) groups is 1. The standard InChI is InChI=1S/C20H31N5O4S/c1-8-15-14(9(2)26)18(27)25(15)16(19(28)29)17(8)30-13-6-12(7-13)23-10-3-4-11(5-10)24-20(21)22/h8-15,23,26H,3-7H2,1-2H3,(H,28,29)(H4,21,22,24)/t8-,9-,10+,11+,12?,13?,14-,15-/m1/s1. The van der Waals surface area contributed by atoms with Crippen LogP contribution >= 0.6 is 11.8 Å². The molecule has 2 heterocycles. The highest BCUT2D eigenvalue weighted by molar-refractivity contribution is 8.03. The van der Waals surface area contributed by atoms with Gasteiger partial charge in [0.25, 0.3) is 0 Å². The van der Waals surface area contributed by atoms with E-state index >= 15 is 0 Å². The maximum atomic E-state index is 12.4. The zero-order valence-electron chi connectivity index (χ0n) is 17.3. The van der Waals surface area contributed by atoms with Crippen molar-refractivity contribution in [3.05, 3.63) is 10.6 Å². The number of thioether (sulfide) groups is 1. The second-order valence-corrected chi connectivity index (χ2v) is 10.4. The summed E-state index contributed by atoms with van der Waals surface area (Å²) >= 11 is 1.60. The molecule has 0 radical (unpaired) electrons. The summed E-state index contributed by atoms with van der Waals surface area (Å²) in [5.74, 6) is -1.77. The molecule has 30 heavy (non-hydrogen) atoms. The molecule has 0 aromatic rings. The molecule has 4 aliphatic rings. The van der Waals surface area contributed by atoms with E-state index in [0.29, 0.717) is 17.3 Å². The van der Waals surface area contributed by atoms with Crippen molar-refractivity contribution in [3.63, 3.8) is 0 Å². The number of rotatable bonds is 7. The molecule has 3 fully saturated rings. The largest absolute Gasteiger partial charge is 0.477 e. The Morgan fingerprint density at radius 1 is 1.27 bits per heavy atom. The third-order valence-electron chi connectivity index (χ3n) is 6.91. The molecule has 0 spiro atoms. The Morgan fingerprint density at radius 2 is 1.97 bits per heavy atom. The van der Waals surface area contributed by atoms with Crippen molar-refractivity contribution in [2.75, 3.05) is 0 Å². The van der Waals surface area contributed by atoms with Crippen molar-refractivity contribution < 1.29 is 19.8 Å². The molecular weight excluding hydrogens is 406 g/mol. The minimum atomic E-state index is -1.06. The second-order valence-electron chi connectivity index (χ2n) is 9.06. The summed E-state index contributed by atoms with van der Waals surface area (Å²) in [6.07, 6.45) is 4.15. The van der Waals surface area contributed by atoms with E-state index < -0.39 is 18.0 Å². The number of nitrogens with two attached hydrogens (primary N) is 2. The van der Waals surface area contributed by atoms with Crippen LogP contribution in [-0.4, -0.2) is 68.5 Å². The smallest absolute Gasteiger partial charge is 0.353 e. The van der Waals surface area contributed by atoms with Gasteiger partial charge in [-0.25, -0.2) is 4.79 Å². The lowest BCUT2D eigenvalue weighted by Gasteiger charge is -2.46. The zero-order chi connectivity index (χ0) is 21.7. The van der Waals surface area contributed by atoms with Crippen molar-refractivity contribution in [1.29, 1.82) is 0 Å². The molecule has 4 rings (SSSR count). The van der Waals surface area contributed by atoms with E-state index in [1.165, 1.54) is 4.90 Å². The third kappa shape index (κ3) is 3.69. The zero-order valence-corrected chi connectivity index (χ0v) is 18.1. The molecule has 2 aliphatic heterocycles. The summed E-state index contributed by atoms with van der Waals surface area (Å²) in [6, 6.07) is 0.787. The van der Waals surface area contributed by atoms with Gasteiger partial charge in [-0.3, -0.25) is 9.79 Å². The number of hydrogen-bond acceptors (Lipinski definition) is 6. The van der Waals surface area contributed by atoms with Gasteiger partial charge >= 0.3 is 5.97 Å². The van der Waals surface area contributed by atoms with Gasteiger partial charge in [-0.2, -0.15) is 0 Å². The topological polar surface area (TPSA) is 154 Å².